The van der Waals surface area contributed by atoms with Gasteiger partial charge in [0, 0.05) is 0 Å². The van der Waals surface area contributed by atoms with Gasteiger partial charge in [0.05, 0.1) is 13.2 Å². The minimum absolute atomic E-state index is 0.204. The van der Waals surface area contributed by atoms with Crippen LogP contribution in [0.2, 0.25) is 0 Å². The Morgan fingerprint density at radius 1 is 1.75 bits per heavy atom. The smallest absolute Gasteiger partial charge is 0.394 e. The second kappa shape index (κ2) is 3.17. The van der Waals surface area contributed by atoms with Crippen LogP contribution in [0.4, 0.5) is 0 Å². The predicted octanol–water partition coefficient (Wildman–Crippen LogP) is -0.946. The highest BCUT2D eigenvalue weighted by molar-refractivity contribution is 7.50. The Bertz CT molecular complexity index is 98.2. The Balaban J connectivity index is 3.26. The van der Waals surface area contributed by atoms with Gasteiger partial charge >= 0.3 is 7.75 Å². The van der Waals surface area contributed by atoms with E-state index in [2.05, 4.69) is 10.0 Å². The molecule has 0 aliphatic heterocycles. The quantitative estimate of drug-likeness (QED) is 0.441. The van der Waals surface area contributed by atoms with Crippen LogP contribution in [-0.4, -0.2) is 23.2 Å². The predicted molar refractivity (Wildman–Crippen MR) is 27.1 cm³/mol. The van der Waals surface area contributed by atoms with E-state index in [0.717, 1.165) is 0 Å². The molecular formula is C2H8NO4P. The highest BCUT2D eigenvalue weighted by Gasteiger charge is 2.08. The van der Waals surface area contributed by atoms with Crippen LogP contribution in [0.3, 0.4) is 0 Å². The second-order valence-corrected chi connectivity index (χ2v) is 2.51. The second-order valence-electron chi connectivity index (χ2n) is 1.12. The third-order valence-corrected chi connectivity index (χ3v) is 0.920. The zero-order chi connectivity index (χ0) is 6.62. The van der Waals surface area contributed by atoms with Crippen LogP contribution >= 0.6 is 7.75 Å². The molecule has 0 aromatic carbocycles. The molecule has 0 aromatic heterocycles. The van der Waals surface area contributed by atoms with Crippen molar-refractivity contribution >= 4 is 7.75 Å². The molecule has 1 unspecified atom stereocenters. The van der Waals surface area contributed by atoms with Crippen LogP contribution < -0.4 is 5.50 Å². The fourth-order valence-corrected chi connectivity index (χ4v) is 0.515. The first-order valence-electron chi connectivity index (χ1n) is 1.93. The summed E-state index contributed by atoms with van der Waals surface area (Å²) in [6, 6.07) is 0. The van der Waals surface area contributed by atoms with Crippen LogP contribution in [0.25, 0.3) is 0 Å². The van der Waals surface area contributed by atoms with Gasteiger partial charge in [-0.2, -0.15) is 0 Å². The molecule has 50 valence electrons. The van der Waals surface area contributed by atoms with Gasteiger partial charge < -0.3 is 10.00 Å². The van der Waals surface area contributed by atoms with Gasteiger partial charge in [0.1, 0.15) is 0 Å². The normalized spacial score (nSPS) is 17.9. The van der Waals surface area contributed by atoms with Crippen molar-refractivity contribution in [2.75, 3.05) is 13.2 Å². The number of hydrogen-bond acceptors (Lipinski definition) is 3. The Labute approximate surface area is 46.7 Å². The van der Waals surface area contributed by atoms with Gasteiger partial charge in [-0.1, -0.05) is 0 Å². The lowest BCUT2D eigenvalue weighted by Gasteiger charge is -2.01. The summed E-state index contributed by atoms with van der Waals surface area (Å²) in [5.41, 5.74) is 4.50. The SMILES string of the molecule is NP(=O)(O)OCCO. The van der Waals surface area contributed by atoms with Crippen LogP contribution in [0.5, 0.6) is 0 Å². The molecule has 0 spiro atoms. The highest BCUT2D eigenvalue weighted by atomic mass is 31.2. The zero-order valence-electron chi connectivity index (χ0n) is 4.15. The van der Waals surface area contributed by atoms with E-state index in [4.69, 9.17) is 10.00 Å². The van der Waals surface area contributed by atoms with E-state index in [-0.39, 0.29) is 13.2 Å². The Morgan fingerprint density at radius 3 is 2.38 bits per heavy atom. The summed E-state index contributed by atoms with van der Waals surface area (Å²) in [5, 5.41) is 8.02. The standard InChI is InChI=1S/C2H8NO4P/c3-8(5,6)7-2-1-4/h4H,1-2H2,(H3,3,5,6). The maximum atomic E-state index is 9.97. The van der Waals surface area contributed by atoms with E-state index >= 15 is 0 Å². The first kappa shape index (κ1) is 8.07. The maximum Gasteiger partial charge on any atom is 0.400 e. The van der Waals surface area contributed by atoms with Crippen molar-refractivity contribution in [3.8, 4) is 0 Å². The van der Waals surface area contributed by atoms with Crippen molar-refractivity contribution in [1.29, 1.82) is 0 Å². The number of aliphatic hydroxyl groups is 1. The molecule has 0 rings (SSSR count). The van der Waals surface area contributed by atoms with Crippen LogP contribution in [0.1, 0.15) is 0 Å². The van der Waals surface area contributed by atoms with Crippen molar-refractivity contribution in [2.45, 2.75) is 0 Å². The van der Waals surface area contributed by atoms with E-state index in [1.807, 2.05) is 0 Å². The molecule has 8 heavy (non-hydrogen) atoms. The van der Waals surface area contributed by atoms with Gasteiger partial charge in [0.25, 0.3) is 0 Å². The van der Waals surface area contributed by atoms with Crippen LogP contribution in [0.15, 0.2) is 0 Å². The number of aliphatic hydroxyl groups excluding tert-OH is 1. The van der Waals surface area contributed by atoms with Crippen LogP contribution in [0, 0.1) is 0 Å². The van der Waals surface area contributed by atoms with Crippen molar-refractivity contribution < 1.29 is 19.1 Å². The van der Waals surface area contributed by atoms with E-state index in [1.54, 1.807) is 0 Å². The van der Waals surface area contributed by atoms with Crippen molar-refractivity contribution in [3.63, 3.8) is 0 Å². The van der Waals surface area contributed by atoms with Crippen molar-refractivity contribution in [2.24, 2.45) is 5.50 Å². The van der Waals surface area contributed by atoms with Gasteiger partial charge in [-0.15, -0.1) is 0 Å². The summed E-state index contributed by atoms with van der Waals surface area (Å²) >= 11 is 0. The third-order valence-electron chi connectivity index (χ3n) is 0.368. The molecule has 4 N–H and O–H groups in total. The van der Waals surface area contributed by atoms with Crippen molar-refractivity contribution in [1.82, 2.24) is 0 Å². The molecule has 0 amide bonds. The molecule has 0 fully saturated rings. The lowest BCUT2D eigenvalue weighted by atomic mass is 10.8. The Morgan fingerprint density at radius 2 is 2.25 bits per heavy atom. The Kier molecular flexibility index (Phi) is 3.19. The fraction of sp³-hybridized carbons (Fsp3) is 1.00. The average Bonchev–Trinajstić information content (AvgIpc) is 1.59. The van der Waals surface area contributed by atoms with E-state index in [0.29, 0.717) is 0 Å². The van der Waals surface area contributed by atoms with Gasteiger partial charge in [0.2, 0.25) is 0 Å². The van der Waals surface area contributed by atoms with Gasteiger partial charge in [-0.3, -0.25) is 4.52 Å². The molecule has 0 radical (unpaired) electrons. The number of nitrogens with two attached hydrogens (primary N) is 1. The minimum Gasteiger partial charge on any atom is -0.394 e. The van der Waals surface area contributed by atoms with E-state index in [1.165, 1.54) is 0 Å². The summed E-state index contributed by atoms with van der Waals surface area (Å²) in [6.45, 7) is -0.508. The molecule has 5 nitrogen and oxygen atoms in total. The van der Waals surface area contributed by atoms with Gasteiger partial charge in [0.15, 0.2) is 0 Å². The minimum atomic E-state index is -3.84. The largest absolute Gasteiger partial charge is 0.400 e. The molecule has 0 heterocycles. The summed E-state index contributed by atoms with van der Waals surface area (Å²) in [5.74, 6) is 0. The number of hydrogen-bond donors (Lipinski definition) is 3. The fourth-order valence-electron chi connectivity index (χ4n) is 0.172. The molecule has 0 saturated heterocycles. The summed E-state index contributed by atoms with van der Waals surface area (Å²) in [4.78, 5) is 8.15. The number of rotatable bonds is 3. The first-order valence-corrected chi connectivity index (χ1v) is 3.57. The van der Waals surface area contributed by atoms with E-state index < -0.39 is 7.75 Å². The third kappa shape index (κ3) is 6.07. The molecular weight excluding hydrogens is 133 g/mol. The first-order chi connectivity index (χ1) is 3.56. The summed E-state index contributed by atoms with van der Waals surface area (Å²) in [7, 11) is -3.84. The molecule has 0 aliphatic rings. The highest BCUT2D eigenvalue weighted by Crippen LogP contribution is 2.30. The van der Waals surface area contributed by atoms with Gasteiger partial charge in [-0.25, -0.2) is 10.1 Å². The maximum absolute atomic E-state index is 9.97. The topological polar surface area (TPSA) is 92.8 Å². The molecule has 0 aromatic rings. The lowest BCUT2D eigenvalue weighted by molar-refractivity contribution is 0.183. The molecule has 0 saturated carbocycles. The van der Waals surface area contributed by atoms with E-state index in [9.17, 15) is 4.57 Å². The Hall–Kier alpha value is 0.0700. The van der Waals surface area contributed by atoms with Gasteiger partial charge in [-0.05, 0) is 0 Å². The molecule has 0 aliphatic carbocycles. The molecule has 6 heteroatoms. The molecule has 1 atom stereocenters. The monoisotopic (exact) mass is 141 g/mol. The summed E-state index contributed by atoms with van der Waals surface area (Å²) in [6.07, 6.45) is 0. The van der Waals surface area contributed by atoms with Crippen LogP contribution in [-0.2, 0) is 9.09 Å². The van der Waals surface area contributed by atoms with Crippen molar-refractivity contribution in [3.05, 3.63) is 0 Å². The molecule has 0 bridgehead atoms. The lowest BCUT2D eigenvalue weighted by Crippen LogP contribution is -2.02. The average molecular weight is 141 g/mol. The summed E-state index contributed by atoms with van der Waals surface area (Å²) < 4.78 is 14.0. The zero-order valence-corrected chi connectivity index (χ0v) is 5.04.